The molecule has 0 fully saturated rings. The van der Waals surface area contributed by atoms with Crippen LogP contribution < -0.4 is 9.80 Å². The van der Waals surface area contributed by atoms with Crippen LogP contribution in [0.5, 0.6) is 0 Å². The van der Waals surface area contributed by atoms with Crippen molar-refractivity contribution in [2.24, 2.45) is 9.98 Å². The van der Waals surface area contributed by atoms with E-state index in [1.807, 2.05) is 6.20 Å². The largest absolute Gasteiger partial charge is 0.311 e. The Hall–Kier alpha value is -4.80. The molecule has 0 spiro atoms. The predicted octanol–water partition coefficient (Wildman–Crippen LogP) is 13.3. The number of nitrogens with zero attached hydrogens (tertiary/aromatic N) is 8. The van der Waals surface area contributed by atoms with E-state index in [-0.39, 0.29) is 0 Å². The Labute approximate surface area is 372 Å². The first-order chi connectivity index (χ1) is 29.0. The van der Waals surface area contributed by atoms with Gasteiger partial charge < -0.3 is 9.80 Å². The Bertz CT molecular complexity index is 2520. The maximum atomic E-state index is 4.96. The van der Waals surface area contributed by atoms with Crippen LogP contribution >= 0.6 is 31.9 Å². The van der Waals surface area contributed by atoms with E-state index in [2.05, 4.69) is 207 Å². The molecular formula is C50H56Br2N8. The van der Waals surface area contributed by atoms with Crippen LogP contribution in [0.2, 0.25) is 0 Å². The Kier molecular flexibility index (Phi) is 12.3. The number of hydrogen-bond donors (Lipinski definition) is 0. The zero-order valence-corrected chi connectivity index (χ0v) is 39.3. The van der Waals surface area contributed by atoms with Crippen LogP contribution in [0.4, 0.5) is 11.4 Å². The Morgan fingerprint density at radius 3 is 1.43 bits per heavy atom. The van der Waals surface area contributed by atoms with Gasteiger partial charge in [-0.25, -0.2) is 9.97 Å². The average Bonchev–Trinajstić information content (AvgIpc) is 3.88. The van der Waals surface area contributed by atoms with E-state index < -0.39 is 0 Å². The molecule has 60 heavy (non-hydrogen) atoms. The van der Waals surface area contributed by atoms with Crippen molar-refractivity contribution in [3.05, 3.63) is 129 Å². The highest BCUT2D eigenvalue weighted by molar-refractivity contribution is 9.10. The summed E-state index contributed by atoms with van der Waals surface area (Å²) in [7, 11) is 0. The number of aliphatic imine (C=N–C) groups is 2. The number of anilines is 2. The molecule has 4 aromatic carbocycles. The van der Waals surface area contributed by atoms with Gasteiger partial charge in [-0.15, -0.1) is 0 Å². The molecule has 0 aliphatic carbocycles. The van der Waals surface area contributed by atoms with Gasteiger partial charge in [0.05, 0.1) is 29.5 Å². The van der Waals surface area contributed by atoms with Crippen LogP contribution in [-0.4, -0.2) is 57.2 Å². The quantitative estimate of drug-likeness (QED) is 0.173. The van der Waals surface area contributed by atoms with Crippen molar-refractivity contribution in [2.75, 3.05) is 36.0 Å². The molecule has 0 amide bonds. The number of rotatable bonds is 5. The number of para-hydroxylation sites is 2. The molecule has 0 bridgehead atoms. The van der Waals surface area contributed by atoms with Gasteiger partial charge in [-0.3, -0.25) is 19.1 Å². The molecule has 0 saturated heterocycles. The van der Waals surface area contributed by atoms with E-state index in [4.69, 9.17) is 9.98 Å². The summed E-state index contributed by atoms with van der Waals surface area (Å²) >= 11 is 7.24. The normalized spacial score (nSPS) is 14.8. The number of aromatic nitrogens is 4. The van der Waals surface area contributed by atoms with Crippen LogP contribution in [0, 0.1) is 0 Å². The van der Waals surface area contributed by atoms with Crippen molar-refractivity contribution in [1.82, 2.24) is 19.1 Å². The molecule has 6 aromatic rings. The summed E-state index contributed by atoms with van der Waals surface area (Å²) < 4.78 is 6.63. The topological polar surface area (TPSA) is 66.8 Å². The minimum atomic E-state index is 0.440. The Balaban J connectivity index is 0.000000137. The van der Waals surface area contributed by atoms with Gasteiger partial charge >= 0.3 is 0 Å². The van der Waals surface area contributed by atoms with E-state index in [0.29, 0.717) is 23.7 Å². The van der Waals surface area contributed by atoms with Crippen LogP contribution in [0.15, 0.2) is 116 Å². The molecule has 0 unspecified atom stereocenters. The number of hydrogen-bond acceptors (Lipinski definition) is 6. The van der Waals surface area contributed by atoms with Crippen molar-refractivity contribution in [3.8, 4) is 34.0 Å². The standard InChI is InChI=1S/C25H28N4.C13H11BrN4.C12H17Br/c1-16(2)18-10-7-11-19(17(3)4)23(18)22-15-27-24-20-9-5-6-12-21(20)28-14-8-13-26-25(28)29(22)24;14-11-8-16-12-9-4-1-2-5-10(9)17-7-3-6-15-13(17)18(11)12;1-8(2)10-6-5-7-11(9(3)4)12(10)13/h5-7,9-12,15-17H,8,13-14H2,1-4H3;1-2,4-5,8H,3,6-7H2;5-9H,1-4H3. The summed E-state index contributed by atoms with van der Waals surface area (Å²) in [5.74, 6) is 6.03. The zero-order chi connectivity index (χ0) is 42.2. The van der Waals surface area contributed by atoms with Gasteiger partial charge in [0.1, 0.15) is 16.3 Å². The Morgan fingerprint density at radius 1 is 0.500 bits per heavy atom. The third-order valence-electron chi connectivity index (χ3n) is 11.8. The van der Waals surface area contributed by atoms with E-state index in [0.717, 1.165) is 72.9 Å². The van der Waals surface area contributed by atoms with Crippen LogP contribution in [0.1, 0.15) is 114 Å². The maximum Gasteiger partial charge on any atom is 0.212 e. The van der Waals surface area contributed by atoms with Gasteiger partial charge in [0.2, 0.25) is 11.9 Å². The second kappa shape index (κ2) is 17.7. The number of benzene rings is 4. The highest BCUT2D eigenvalue weighted by atomic mass is 79.9. The minimum Gasteiger partial charge on any atom is -0.311 e. The highest BCUT2D eigenvalue weighted by Crippen LogP contribution is 2.43. The molecule has 310 valence electrons. The molecule has 0 radical (unpaired) electrons. The van der Waals surface area contributed by atoms with Crippen molar-refractivity contribution in [3.63, 3.8) is 0 Å². The van der Waals surface area contributed by atoms with E-state index >= 15 is 0 Å². The lowest BCUT2D eigenvalue weighted by atomic mass is 9.87. The van der Waals surface area contributed by atoms with Gasteiger partial charge in [-0.2, -0.15) is 0 Å². The summed E-state index contributed by atoms with van der Waals surface area (Å²) in [6.07, 6.45) is 6.07. The monoisotopic (exact) mass is 926 g/mol. The lowest BCUT2D eigenvalue weighted by molar-refractivity contribution is 0.760. The molecule has 0 N–H and O–H groups in total. The molecule has 0 atom stereocenters. The first kappa shape index (κ1) is 41.9. The molecule has 2 aromatic heterocycles. The third-order valence-corrected chi connectivity index (χ3v) is 13.2. The lowest BCUT2D eigenvalue weighted by Crippen LogP contribution is -2.43. The van der Waals surface area contributed by atoms with Crippen LogP contribution in [0.3, 0.4) is 0 Å². The summed E-state index contributed by atoms with van der Waals surface area (Å²) in [4.78, 5) is 23.7. The fourth-order valence-electron chi connectivity index (χ4n) is 8.76. The average molecular weight is 929 g/mol. The molecule has 10 heteroatoms. The zero-order valence-electron chi connectivity index (χ0n) is 36.1. The van der Waals surface area contributed by atoms with E-state index in [9.17, 15) is 0 Å². The van der Waals surface area contributed by atoms with Crippen LogP contribution in [0.25, 0.3) is 34.0 Å². The van der Waals surface area contributed by atoms with E-state index in [1.165, 1.54) is 54.8 Å². The number of halogens is 2. The molecule has 6 heterocycles. The summed E-state index contributed by atoms with van der Waals surface area (Å²) in [5, 5.41) is 0. The van der Waals surface area contributed by atoms with Crippen LogP contribution in [-0.2, 0) is 0 Å². The fourth-order valence-corrected chi connectivity index (χ4v) is 10.4. The summed E-state index contributed by atoms with van der Waals surface area (Å²) in [6.45, 7) is 21.8. The Morgan fingerprint density at radius 2 is 0.933 bits per heavy atom. The van der Waals surface area contributed by atoms with Gasteiger partial charge in [0, 0.05) is 47.3 Å². The van der Waals surface area contributed by atoms with Gasteiger partial charge in [0.15, 0.2) is 0 Å². The molecule has 10 rings (SSSR count). The molecule has 4 aliphatic rings. The number of fused-ring (bicyclic) bond motifs is 12. The summed E-state index contributed by atoms with van der Waals surface area (Å²) in [5.41, 5.74) is 12.8. The smallest absolute Gasteiger partial charge is 0.212 e. The maximum absolute atomic E-state index is 4.96. The second-order valence-corrected chi connectivity index (χ2v) is 18.7. The van der Waals surface area contributed by atoms with Crippen molar-refractivity contribution < 1.29 is 0 Å². The summed E-state index contributed by atoms with van der Waals surface area (Å²) in [6, 6.07) is 30.2. The third kappa shape index (κ3) is 7.70. The first-order valence-electron chi connectivity index (χ1n) is 21.5. The van der Waals surface area contributed by atoms with Crippen molar-refractivity contribution in [1.29, 1.82) is 0 Å². The lowest BCUT2D eigenvalue weighted by Gasteiger charge is -2.36. The SMILES string of the molecule is Brc1cnc2n1C1=NCCCN1c1ccccc1-2.CC(C)c1cccc(C(C)C)c1-c1cnc2n1C1=NCCCN1c1ccccc1-2.CC(C)c1cccc(C(C)C)c1Br. The number of imidazole rings is 2. The molecule has 4 aliphatic heterocycles. The van der Waals surface area contributed by atoms with E-state index in [1.54, 1.807) is 0 Å². The molecule has 0 saturated carbocycles. The molecule has 8 nitrogen and oxygen atoms in total. The fraction of sp³-hybridized carbons (Fsp3) is 0.360. The second-order valence-electron chi connectivity index (χ2n) is 17.1. The van der Waals surface area contributed by atoms with Gasteiger partial charge in [-0.05, 0) is 99.0 Å². The highest BCUT2D eigenvalue weighted by Gasteiger charge is 2.34. The molecular weight excluding hydrogens is 872 g/mol. The van der Waals surface area contributed by atoms with Crippen molar-refractivity contribution in [2.45, 2.75) is 91.9 Å². The van der Waals surface area contributed by atoms with Gasteiger partial charge in [-0.1, -0.05) is 132 Å². The van der Waals surface area contributed by atoms with Crippen molar-refractivity contribution >= 4 is 55.2 Å². The predicted molar refractivity (Wildman–Crippen MR) is 258 cm³/mol. The van der Waals surface area contributed by atoms with Gasteiger partial charge in [0.25, 0.3) is 0 Å². The first-order valence-corrected chi connectivity index (χ1v) is 23.1. The minimum absolute atomic E-state index is 0.440.